The zero-order valence-corrected chi connectivity index (χ0v) is 10.4. The van der Waals surface area contributed by atoms with Gasteiger partial charge in [0.05, 0.1) is 19.3 Å². The SMILES string of the molecule is C=C(C#N)C(=O)OCCCOCC(C)OCC. The van der Waals surface area contributed by atoms with Crippen molar-refractivity contribution in [3.05, 3.63) is 12.2 Å². The van der Waals surface area contributed by atoms with Gasteiger partial charge in [0.1, 0.15) is 11.6 Å². The Bertz CT molecular complexity index is 283. The van der Waals surface area contributed by atoms with Gasteiger partial charge in [0.25, 0.3) is 0 Å². The van der Waals surface area contributed by atoms with Gasteiger partial charge in [0.15, 0.2) is 0 Å². The van der Waals surface area contributed by atoms with E-state index in [4.69, 9.17) is 19.5 Å². The lowest BCUT2D eigenvalue weighted by molar-refractivity contribution is -0.139. The van der Waals surface area contributed by atoms with Gasteiger partial charge >= 0.3 is 5.97 Å². The molecule has 0 aromatic rings. The highest BCUT2D eigenvalue weighted by atomic mass is 16.5. The molecule has 0 saturated carbocycles. The molecule has 1 unspecified atom stereocenters. The first kappa shape index (κ1) is 15.6. The Morgan fingerprint density at radius 1 is 1.47 bits per heavy atom. The van der Waals surface area contributed by atoms with Crippen LogP contribution >= 0.6 is 0 Å². The maximum atomic E-state index is 11.0. The van der Waals surface area contributed by atoms with Crippen LogP contribution in [0.5, 0.6) is 0 Å². The zero-order chi connectivity index (χ0) is 13.1. The Balaban J connectivity index is 3.39. The lowest BCUT2D eigenvalue weighted by Gasteiger charge is -2.11. The lowest BCUT2D eigenvalue weighted by atomic mass is 10.3. The van der Waals surface area contributed by atoms with Crippen LogP contribution in [0.15, 0.2) is 12.2 Å². The van der Waals surface area contributed by atoms with Crippen molar-refractivity contribution in [1.82, 2.24) is 0 Å². The molecule has 0 aromatic carbocycles. The molecule has 1 atom stereocenters. The summed E-state index contributed by atoms with van der Waals surface area (Å²) in [5, 5.41) is 8.37. The molecule has 5 nitrogen and oxygen atoms in total. The fraction of sp³-hybridized carbons (Fsp3) is 0.667. The van der Waals surface area contributed by atoms with E-state index in [0.29, 0.717) is 26.2 Å². The molecule has 0 aliphatic carbocycles. The molecular weight excluding hydrogens is 222 g/mol. The Morgan fingerprint density at radius 3 is 2.76 bits per heavy atom. The van der Waals surface area contributed by atoms with E-state index in [2.05, 4.69) is 6.58 Å². The van der Waals surface area contributed by atoms with Crippen LogP contribution < -0.4 is 0 Å². The molecule has 0 aliphatic heterocycles. The van der Waals surface area contributed by atoms with E-state index in [0.717, 1.165) is 0 Å². The molecule has 0 rings (SSSR count). The first-order valence-electron chi connectivity index (χ1n) is 5.57. The molecule has 0 bridgehead atoms. The Morgan fingerprint density at radius 2 is 2.18 bits per heavy atom. The van der Waals surface area contributed by atoms with Crippen LogP contribution in [0, 0.1) is 11.3 Å². The fourth-order valence-electron chi connectivity index (χ4n) is 1.04. The van der Waals surface area contributed by atoms with Gasteiger partial charge in [-0.3, -0.25) is 0 Å². The van der Waals surface area contributed by atoms with Crippen LogP contribution in [-0.4, -0.2) is 38.5 Å². The Kier molecular flexibility index (Phi) is 9.02. The number of ether oxygens (including phenoxy) is 3. The third kappa shape index (κ3) is 8.43. The van der Waals surface area contributed by atoms with E-state index in [1.807, 2.05) is 13.8 Å². The molecule has 0 aromatic heterocycles. The topological polar surface area (TPSA) is 68.6 Å². The largest absolute Gasteiger partial charge is 0.461 e. The van der Waals surface area contributed by atoms with E-state index in [1.165, 1.54) is 0 Å². The zero-order valence-electron chi connectivity index (χ0n) is 10.4. The van der Waals surface area contributed by atoms with Gasteiger partial charge in [0.2, 0.25) is 0 Å². The number of esters is 1. The van der Waals surface area contributed by atoms with Crippen molar-refractivity contribution in [2.45, 2.75) is 26.4 Å². The first-order chi connectivity index (χ1) is 8.11. The summed E-state index contributed by atoms with van der Waals surface area (Å²) >= 11 is 0. The summed E-state index contributed by atoms with van der Waals surface area (Å²) in [6.45, 7) is 9.01. The predicted octanol–water partition coefficient (Wildman–Crippen LogP) is 1.44. The molecule has 17 heavy (non-hydrogen) atoms. The summed E-state index contributed by atoms with van der Waals surface area (Å²) in [5.41, 5.74) is -0.184. The summed E-state index contributed by atoms with van der Waals surface area (Å²) in [6, 6.07) is 1.63. The lowest BCUT2D eigenvalue weighted by Crippen LogP contribution is -2.17. The molecule has 0 amide bonds. The number of carbonyl (C=O) groups is 1. The molecule has 0 aliphatic rings. The summed E-state index contributed by atoms with van der Waals surface area (Å²) in [7, 11) is 0. The highest BCUT2D eigenvalue weighted by Crippen LogP contribution is 1.96. The van der Waals surface area contributed by atoms with Gasteiger partial charge in [-0.05, 0) is 13.8 Å². The summed E-state index contributed by atoms with van der Waals surface area (Å²) in [6.07, 6.45) is 0.657. The van der Waals surface area contributed by atoms with Crippen LogP contribution in [-0.2, 0) is 19.0 Å². The van der Waals surface area contributed by atoms with Crippen molar-refractivity contribution >= 4 is 5.97 Å². The highest BCUT2D eigenvalue weighted by Gasteiger charge is 2.06. The molecule has 0 saturated heterocycles. The average Bonchev–Trinajstić information content (AvgIpc) is 2.32. The third-order valence-corrected chi connectivity index (χ3v) is 1.85. The second-order valence-corrected chi connectivity index (χ2v) is 3.42. The van der Waals surface area contributed by atoms with Gasteiger partial charge in [-0.15, -0.1) is 0 Å². The van der Waals surface area contributed by atoms with Crippen molar-refractivity contribution in [1.29, 1.82) is 5.26 Å². The fourth-order valence-corrected chi connectivity index (χ4v) is 1.04. The molecule has 0 spiro atoms. The molecule has 96 valence electrons. The van der Waals surface area contributed by atoms with Gasteiger partial charge in [-0.1, -0.05) is 6.58 Å². The average molecular weight is 241 g/mol. The number of carbonyl (C=O) groups excluding carboxylic acids is 1. The van der Waals surface area contributed by atoms with Gasteiger partial charge in [-0.2, -0.15) is 5.26 Å². The minimum atomic E-state index is -0.671. The predicted molar refractivity (Wildman–Crippen MR) is 62.2 cm³/mol. The second-order valence-electron chi connectivity index (χ2n) is 3.42. The van der Waals surface area contributed by atoms with Crippen molar-refractivity contribution in [3.63, 3.8) is 0 Å². The number of hydrogen-bond acceptors (Lipinski definition) is 5. The van der Waals surface area contributed by atoms with E-state index < -0.39 is 5.97 Å². The van der Waals surface area contributed by atoms with Crippen molar-refractivity contribution < 1.29 is 19.0 Å². The minimum absolute atomic E-state index is 0.0703. The van der Waals surface area contributed by atoms with Crippen LogP contribution in [0.25, 0.3) is 0 Å². The monoisotopic (exact) mass is 241 g/mol. The van der Waals surface area contributed by atoms with E-state index >= 15 is 0 Å². The van der Waals surface area contributed by atoms with Crippen molar-refractivity contribution in [3.8, 4) is 6.07 Å². The van der Waals surface area contributed by atoms with Crippen molar-refractivity contribution in [2.75, 3.05) is 26.4 Å². The van der Waals surface area contributed by atoms with Crippen molar-refractivity contribution in [2.24, 2.45) is 0 Å². The maximum Gasteiger partial charge on any atom is 0.348 e. The molecule has 0 heterocycles. The van der Waals surface area contributed by atoms with Gasteiger partial charge in [-0.25, -0.2) is 4.79 Å². The molecule has 5 heteroatoms. The molecule has 0 N–H and O–H groups in total. The molecule has 0 radical (unpaired) electrons. The third-order valence-electron chi connectivity index (χ3n) is 1.85. The van der Waals surface area contributed by atoms with Crippen LogP contribution in [0.2, 0.25) is 0 Å². The molecular formula is C12H19NO4. The quantitative estimate of drug-likeness (QED) is 0.264. The molecule has 0 fully saturated rings. The van der Waals surface area contributed by atoms with Gasteiger partial charge in [0, 0.05) is 19.6 Å². The van der Waals surface area contributed by atoms with E-state index in [1.54, 1.807) is 6.07 Å². The summed E-state index contributed by atoms with van der Waals surface area (Å²) in [4.78, 5) is 11.0. The minimum Gasteiger partial charge on any atom is -0.461 e. The number of hydrogen-bond donors (Lipinski definition) is 0. The Hall–Kier alpha value is -1.38. The van der Waals surface area contributed by atoms with Crippen LogP contribution in [0.4, 0.5) is 0 Å². The first-order valence-corrected chi connectivity index (χ1v) is 5.57. The normalized spacial score (nSPS) is 11.6. The summed E-state index contributed by atoms with van der Waals surface area (Å²) in [5.74, 6) is -0.671. The van der Waals surface area contributed by atoms with E-state index in [-0.39, 0.29) is 18.3 Å². The highest BCUT2D eigenvalue weighted by molar-refractivity contribution is 5.91. The number of nitriles is 1. The Labute approximate surface area is 102 Å². The number of nitrogens with zero attached hydrogens (tertiary/aromatic N) is 1. The second kappa shape index (κ2) is 9.82. The van der Waals surface area contributed by atoms with E-state index in [9.17, 15) is 4.79 Å². The summed E-state index contributed by atoms with van der Waals surface area (Å²) < 4.78 is 15.4. The van der Waals surface area contributed by atoms with Crippen LogP contribution in [0.1, 0.15) is 20.3 Å². The van der Waals surface area contributed by atoms with Gasteiger partial charge < -0.3 is 14.2 Å². The number of rotatable bonds is 9. The standard InChI is InChI=1S/C12H19NO4/c1-4-16-11(3)9-15-6-5-7-17-12(14)10(2)8-13/h11H,2,4-7,9H2,1,3H3. The smallest absolute Gasteiger partial charge is 0.348 e. The maximum absolute atomic E-state index is 11.0. The van der Waals surface area contributed by atoms with Crippen LogP contribution in [0.3, 0.4) is 0 Å².